The molecule has 1 rings (SSSR count). The highest BCUT2D eigenvalue weighted by atomic mass is 16.2. The summed E-state index contributed by atoms with van der Waals surface area (Å²) in [4.78, 5) is 11.3. The lowest BCUT2D eigenvalue weighted by atomic mass is 10.3. The molecule has 0 saturated heterocycles. The van der Waals surface area contributed by atoms with Crippen LogP contribution in [0.3, 0.4) is 0 Å². The second-order valence-electron chi connectivity index (χ2n) is 3.53. The van der Waals surface area contributed by atoms with Gasteiger partial charge in [0.2, 0.25) is 5.91 Å². The van der Waals surface area contributed by atoms with Crippen molar-refractivity contribution in [3.8, 4) is 0 Å². The molecule has 1 heterocycles. The Morgan fingerprint density at radius 1 is 1.57 bits per heavy atom. The molecule has 3 N–H and O–H groups in total. The van der Waals surface area contributed by atoms with Gasteiger partial charge in [0, 0.05) is 12.1 Å². The molecule has 0 aliphatic rings. The van der Waals surface area contributed by atoms with E-state index in [1.165, 1.54) is 0 Å². The number of nitrogens with two attached hydrogens (primary N) is 1. The van der Waals surface area contributed by atoms with Crippen LogP contribution in [-0.2, 0) is 4.79 Å². The first-order chi connectivity index (χ1) is 6.52. The molecule has 0 fully saturated rings. The Morgan fingerprint density at radius 3 is 2.71 bits per heavy atom. The Hall–Kier alpha value is -1.36. The molecule has 1 aromatic rings. The van der Waals surface area contributed by atoms with Gasteiger partial charge in [-0.1, -0.05) is 0 Å². The van der Waals surface area contributed by atoms with Crippen molar-refractivity contribution in [2.75, 3.05) is 5.32 Å². The quantitative estimate of drug-likeness (QED) is 0.749. The minimum atomic E-state index is -0.509. The summed E-state index contributed by atoms with van der Waals surface area (Å²) >= 11 is 0. The Kier molecular flexibility index (Phi) is 3.24. The van der Waals surface area contributed by atoms with E-state index >= 15 is 0 Å². The van der Waals surface area contributed by atoms with Crippen molar-refractivity contribution in [2.24, 2.45) is 5.73 Å². The molecule has 0 unspecified atom stereocenters. The van der Waals surface area contributed by atoms with Gasteiger partial charge in [0.05, 0.1) is 12.2 Å². The molecule has 0 spiro atoms. The topological polar surface area (TPSA) is 72.9 Å². The van der Waals surface area contributed by atoms with E-state index in [0.717, 1.165) is 0 Å². The number of aromatic nitrogens is 2. The predicted molar refractivity (Wildman–Crippen MR) is 54.9 cm³/mol. The van der Waals surface area contributed by atoms with Crippen LogP contribution in [0.5, 0.6) is 0 Å². The molecule has 1 atom stereocenters. The van der Waals surface area contributed by atoms with Crippen molar-refractivity contribution in [1.82, 2.24) is 9.78 Å². The van der Waals surface area contributed by atoms with Gasteiger partial charge in [-0.25, -0.2) is 4.68 Å². The molecule has 0 bridgehead atoms. The molecular weight excluding hydrogens is 180 g/mol. The van der Waals surface area contributed by atoms with E-state index in [0.29, 0.717) is 5.82 Å². The number of carbonyl (C=O) groups is 1. The van der Waals surface area contributed by atoms with Crippen LogP contribution >= 0.6 is 0 Å². The van der Waals surface area contributed by atoms with Gasteiger partial charge in [-0.2, -0.15) is 5.10 Å². The van der Waals surface area contributed by atoms with Gasteiger partial charge in [-0.3, -0.25) is 4.79 Å². The molecule has 0 aliphatic heterocycles. The van der Waals surface area contributed by atoms with Crippen LogP contribution in [0, 0.1) is 0 Å². The van der Waals surface area contributed by atoms with Gasteiger partial charge < -0.3 is 11.1 Å². The highest BCUT2D eigenvalue weighted by Gasteiger charge is 2.11. The summed E-state index contributed by atoms with van der Waals surface area (Å²) in [7, 11) is 0. The second-order valence-corrected chi connectivity index (χ2v) is 3.53. The molecule has 0 aliphatic carbocycles. The molecule has 5 heteroatoms. The second kappa shape index (κ2) is 4.23. The summed E-state index contributed by atoms with van der Waals surface area (Å²) in [5.41, 5.74) is 5.44. The maximum atomic E-state index is 11.3. The van der Waals surface area contributed by atoms with E-state index in [-0.39, 0.29) is 11.9 Å². The predicted octanol–water partition coefficient (Wildman–Crippen LogP) is 0.750. The molecule has 78 valence electrons. The lowest BCUT2D eigenvalue weighted by Crippen LogP contribution is -2.33. The van der Waals surface area contributed by atoms with Crippen LogP contribution in [0.1, 0.15) is 26.8 Å². The summed E-state index contributed by atoms with van der Waals surface area (Å²) < 4.78 is 1.74. The fraction of sp³-hybridized carbons (Fsp3) is 0.556. The molecule has 1 amide bonds. The molecule has 0 saturated carbocycles. The van der Waals surface area contributed by atoms with Crippen molar-refractivity contribution in [3.63, 3.8) is 0 Å². The Balaban J connectivity index is 2.76. The Morgan fingerprint density at radius 2 is 2.21 bits per heavy atom. The van der Waals surface area contributed by atoms with Crippen molar-refractivity contribution < 1.29 is 4.79 Å². The average Bonchev–Trinajstić information content (AvgIpc) is 2.52. The Labute approximate surface area is 83.3 Å². The summed E-state index contributed by atoms with van der Waals surface area (Å²) in [6.45, 7) is 5.63. The molecule has 1 aromatic heterocycles. The van der Waals surface area contributed by atoms with Crippen LogP contribution in [-0.4, -0.2) is 21.7 Å². The van der Waals surface area contributed by atoms with Crippen molar-refractivity contribution >= 4 is 11.7 Å². The third-order valence-electron chi connectivity index (χ3n) is 1.82. The van der Waals surface area contributed by atoms with Crippen molar-refractivity contribution in [2.45, 2.75) is 32.9 Å². The summed E-state index contributed by atoms with van der Waals surface area (Å²) in [6.07, 6.45) is 1.65. The van der Waals surface area contributed by atoms with Crippen LogP contribution in [0.25, 0.3) is 0 Å². The highest BCUT2D eigenvalue weighted by molar-refractivity contribution is 5.93. The lowest BCUT2D eigenvalue weighted by Gasteiger charge is -2.12. The first-order valence-electron chi connectivity index (χ1n) is 4.62. The van der Waals surface area contributed by atoms with E-state index in [9.17, 15) is 4.79 Å². The maximum Gasteiger partial charge on any atom is 0.242 e. The first kappa shape index (κ1) is 10.7. The zero-order valence-corrected chi connectivity index (χ0v) is 8.69. The van der Waals surface area contributed by atoms with Crippen LogP contribution in [0.4, 0.5) is 5.82 Å². The highest BCUT2D eigenvalue weighted by Crippen LogP contribution is 2.12. The molecule has 0 radical (unpaired) electrons. The molecule has 14 heavy (non-hydrogen) atoms. The number of hydrogen-bond donors (Lipinski definition) is 2. The van der Waals surface area contributed by atoms with Gasteiger partial charge >= 0.3 is 0 Å². The zero-order valence-electron chi connectivity index (χ0n) is 8.69. The molecule has 0 aromatic carbocycles. The Bertz CT molecular complexity index is 316. The monoisotopic (exact) mass is 196 g/mol. The number of nitrogens with one attached hydrogen (secondary N) is 1. The number of nitrogens with zero attached hydrogens (tertiary/aromatic N) is 2. The third kappa shape index (κ3) is 2.32. The van der Waals surface area contributed by atoms with Crippen molar-refractivity contribution in [1.29, 1.82) is 0 Å². The van der Waals surface area contributed by atoms with Gasteiger partial charge in [0.1, 0.15) is 5.82 Å². The smallest absolute Gasteiger partial charge is 0.242 e. The zero-order chi connectivity index (χ0) is 10.7. The number of rotatable bonds is 3. The first-order valence-corrected chi connectivity index (χ1v) is 4.62. The number of amides is 1. The van der Waals surface area contributed by atoms with E-state index in [1.54, 1.807) is 23.9 Å². The summed E-state index contributed by atoms with van der Waals surface area (Å²) in [6, 6.07) is 1.46. The van der Waals surface area contributed by atoms with Gasteiger partial charge in [0.15, 0.2) is 0 Å². The van der Waals surface area contributed by atoms with Gasteiger partial charge in [-0.15, -0.1) is 0 Å². The lowest BCUT2D eigenvalue weighted by molar-refractivity contribution is -0.117. The average molecular weight is 196 g/mol. The molecule has 5 nitrogen and oxygen atoms in total. The largest absolute Gasteiger partial charge is 0.320 e. The molecular formula is C9H16N4O. The number of hydrogen-bond acceptors (Lipinski definition) is 3. The van der Waals surface area contributed by atoms with E-state index in [1.807, 2.05) is 13.8 Å². The van der Waals surface area contributed by atoms with Crippen molar-refractivity contribution in [3.05, 3.63) is 12.3 Å². The third-order valence-corrected chi connectivity index (χ3v) is 1.82. The van der Waals surface area contributed by atoms with Crippen LogP contribution in [0.2, 0.25) is 0 Å². The van der Waals surface area contributed by atoms with Gasteiger partial charge in [-0.05, 0) is 20.8 Å². The minimum Gasteiger partial charge on any atom is -0.320 e. The maximum absolute atomic E-state index is 11.3. The summed E-state index contributed by atoms with van der Waals surface area (Å²) in [5, 5.41) is 6.80. The van der Waals surface area contributed by atoms with E-state index in [4.69, 9.17) is 5.73 Å². The van der Waals surface area contributed by atoms with E-state index in [2.05, 4.69) is 10.4 Å². The fourth-order valence-electron chi connectivity index (χ4n) is 1.06. The number of anilines is 1. The fourth-order valence-corrected chi connectivity index (χ4v) is 1.06. The SMILES string of the molecule is CC(C)n1nccc1NC(=O)[C@@H](C)N. The van der Waals surface area contributed by atoms with E-state index < -0.39 is 6.04 Å². The summed E-state index contributed by atoms with van der Waals surface area (Å²) in [5.74, 6) is 0.481. The number of carbonyl (C=O) groups excluding carboxylic acids is 1. The van der Waals surface area contributed by atoms with Crippen LogP contribution in [0.15, 0.2) is 12.3 Å². The normalized spacial score (nSPS) is 12.9. The minimum absolute atomic E-state index is 0.201. The van der Waals surface area contributed by atoms with Crippen LogP contribution < -0.4 is 11.1 Å². The standard InChI is InChI=1S/C9H16N4O/c1-6(2)13-8(4-5-11-13)12-9(14)7(3)10/h4-7H,10H2,1-3H3,(H,12,14)/t7-/m1/s1. The van der Waals surface area contributed by atoms with Gasteiger partial charge in [0.25, 0.3) is 0 Å².